The number of fused-ring (bicyclic) bond motifs is 1. The smallest absolute Gasteiger partial charge is 0.130 e. The lowest BCUT2D eigenvalue weighted by Gasteiger charge is -2.15. The second-order valence-corrected chi connectivity index (χ2v) is 5.58. The van der Waals surface area contributed by atoms with E-state index in [1.165, 1.54) is 12.1 Å². The van der Waals surface area contributed by atoms with E-state index >= 15 is 0 Å². The van der Waals surface area contributed by atoms with E-state index in [9.17, 15) is 14.6 Å². The van der Waals surface area contributed by atoms with E-state index in [0.29, 0.717) is 16.9 Å². The number of aliphatic hydroxyl groups excluding tert-OH is 2. The number of ether oxygens (including phenoxy) is 2. The van der Waals surface area contributed by atoms with Gasteiger partial charge in [0.1, 0.15) is 30.5 Å². The zero-order valence-electron chi connectivity index (χ0n) is 13.6. The van der Waals surface area contributed by atoms with Gasteiger partial charge in [0.2, 0.25) is 0 Å². The Morgan fingerprint density at radius 1 is 0.760 bits per heavy atom. The lowest BCUT2D eigenvalue weighted by atomic mass is 10.1. The molecule has 2 N–H and O–H groups in total. The predicted octanol–water partition coefficient (Wildman–Crippen LogP) is 3.42. The molecule has 0 saturated carbocycles. The third-order valence-corrected chi connectivity index (χ3v) is 3.87. The van der Waals surface area contributed by atoms with Crippen molar-refractivity contribution in [2.75, 3.05) is 13.2 Å². The van der Waals surface area contributed by atoms with E-state index in [1.807, 2.05) is 42.5 Å². The Morgan fingerprint density at radius 2 is 1.40 bits per heavy atom. The molecule has 130 valence electrons. The monoisotopic (exact) mass is 342 g/mol. The van der Waals surface area contributed by atoms with Crippen molar-refractivity contribution in [3.05, 3.63) is 71.5 Å². The highest BCUT2D eigenvalue weighted by Gasteiger charge is 2.12. The molecule has 3 rings (SSSR count). The topological polar surface area (TPSA) is 58.9 Å². The van der Waals surface area contributed by atoms with Gasteiger partial charge in [-0.1, -0.05) is 30.3 Å². The first-order valence-corrected chi connectivity index (χ1v) is 7.98. The SMILES string of the molecule is OCc1cc(F)cc(CO)c1OCCOc1ccc2ccccc2c1. The van der Waals surface area contributed by atoms with E-state index in [-0.39, 0.29) is 26.4 Å². The third-order valence-electron chi connectivity index (χ3n) is 3.87. The predicted molar refractivity (Wildman–Crippen MR) is 93.2 cm³/mol. The molecule has 0 bridgehead atoms. The number of benzene rings is 3. The molecule has 0 aliphatic rings. The summed E-state index contributed by atoms with van der Waals surface area (Å²) in [5.74, 6) is 0.507. The van der Waals surface area contributed by atoms with Crippen molar-refractivity contribution in [2.45, 2.75) is 13.2 Å². The first-order valence-electron chi connectivity index (χ1n) is 7.98. The van der Waals surface area contributed by atoms with Crippen molar-refractivity contribution in [3.8, 4) is 11.5 Å². The highest BCUT2D eigenvalue weighted by Crippen LogP contribution is 2.26. The van der Waals surface area contributed by atoms with Crippen LogP contribution in [0.5, 0.6) is 11.5 Å². The van der Waals surface area contributed by atoms with Crippen molar-refractivity contribution >= 4 is 10.8 Å². The molecule has 0 aliphatic carbocycles. The maximum atomic E-state index is 13.4. The van der Waals surface area contributed by atoms with E-state index < -0.39 is 5.82 Å². The van der Waals surface area contributed by atoms with Gasteiger partial charge < -0.3 is 19.7 Å². The molecule has 0 atom stereocenters. The van der Waals surface area contributed by atoms with Crippen LogP contribution in [0.1, 0.15) is 11.1 Å². The zero-order valence-corrected chi connectivity index (χ0v) is 13.6. The van der Waals surface area contributed by atoms with Crippen LogP contribution < -0.4 is 9.47 Å². The second-order valence-electron chi connectivity index (χ2n) is 5.58. The maximum absolute atomic E-state index is 13.4. The first kappa shape index (κ1) is 17.2. The molecule has 3 aromatic rings. The van der Waals surface area contributed by atoms with Crippen LogP contribution in [0.2, 0.25) is 0 Å². The minimum absolute atomic E-state index is 0.207. The van der Waals surface area contributed by atoms with Crippen LogP contribution in [0.25, 0.3) is 10.8 Å². The van der Waals surface area contributed by atoms with Crippen molar-refractivity contribution in [1.82, 2.24) is 0 Å². The highest BCUT2D eigenvalue weighted by molar-refractivity contribution is 5.83. The zero-order chi connectivity index (χ0) is 17.6. The van der Waals surface area contributed by atoms with Gasteiger partial charge in [0.25, 0.3) is 0 Å². The molecule has 0 heterocycles. The molecule has 0 radical (unpaired) electrons. The summed E-state index contributed by atoms with van der Waals surface area (Å²) in [6.45, 7) is -0.249. The summed E-state index contributed by atoms with van der Waals surface area (Å²) in [4.78, 5) is 0. The molecular formula is C20H19FO4. The lowest BCUT2D eigenvalue weighted by molar-refractivity contribution is 0.202. The Kier molecular flexibility index (Phi) is 5.48. The van der Waals surface area contributed by atoms with Crippen molar-refractivity contribution in [3.63, 3.8) is 0 Å². The standard InChI is InChI=1S/C20H19FO4/c21-18-9-16(12-22)20(17(10-18)13-23)25-8-7-24-19-6-5-14-3-1-2-4-15(14)11-19/h1-6,9-11,22-23H,7-8,12-13H2. The van der Waals surface area contributed by atoms with Crippen molar-refractivity contribution < 1.29 is 24.1 Å². The lowest BCUT2D eigenvalue weighted by Crippen LogP contribution is -2.11. The normalized spacial score (nSPS) is 10.8. The van der Waals surface area contributed by atoms with Gasteiger partial charge in [0, 0.05) is 11.1 Å². The summed E-state index contributed by atoms with van der Waals surface area (Å²) in [5, 5.41) is 20.9. The van der Waals surface area contributed by atoms with Crippen molar-refractivity contribution in [2.24, 2.45) is 0 Å². The molecule has 4 nitrogen and oxygen atoms in total. The quantitative estimate of drug-likeness (QED) is 0.646. The molecule has 25 heavy (non-hydrogen) atoms. The molecule has 0 unspecified atom stereocenters. The van der Waals surface area contributed by atoms with Crippen LogP contribution in [-0.4, -0.2) is 23.4 Å². The van der Waals surface area contributed by atoms with E-state index in [2.05, 4.69) is 0 Å². The summed E-state index contributed by atoms with van der Waals surface area (Å²) in [5.41, 5.74) is 0.601. The average Bonchev–Trinajstić information content (AvgIpc) is 2.65. The van der Waals surface area contributed by atoms with Gasteiger partial charge in [0.05, 0.1) is 13.2 Å². The first-order chi connectivity index (χ1) is 12.2. The Hall–Kier alpha value is -2.63. The molecule has 0 fully saturated rings. The number of halogens is 1. The number of hydrogen-bond donors (Lipinski definition) is 2. The van der Waals surface area contributed by atoms with Crippen LogP contribution in [0.4, 0.5) is 4.39 Å². The van der Waals surface area contributed by atoms with Gasteiger partial charge in [-0.15, -0.1) is 0 Å². The Bertz CT molecular complexity index is 838. The van der Waals surface area contributed by atoms with Gasteiger partial charge in [-0.3, -0.25) is 0 Å². The van der Waals surface area contributed by atoms with E-state index in [0.717, 1.165) is 16.5 Å². The Labute approximate surface area is 145 Å². The summed E-state index contributed by atoms with van der Waals surface area (Å²) in [7, 11) is 0. The third kappa shape index (κ3) is 4.07. The van der Waals surface area contributed by atoms with E-state index in [1.54, 1.807) is 0 Å². The van der Waals surface area contributed by atoms with Crippen LogP contribution in [0, 0.1) is 5.82 Å². The maximum Gasteiger partial charge on any atom is 0.130 e. The number of rotatable bonds is 7. The Morgan fingerprint density at radius 3 is 2.08 bits per heavy atom. The van der Waals surface area contributed by atoms with Crippen LogP contribution in [0.3, 0.4) is 0 Å². The summed E-state index contributed by atoms with van der Waals surface area (Å²) in [6.07, 6.45) is 0. The minimum atomic E-state index is -0.520. The van der Waals surface area contributed by atoms with Gasteiger partial charge in [-0.05, 0) is 35.0 Å². The highest BCUT2D eigenvalue weighted by atomic mass is 19.1. The van der Waals surface area contributed by atoms with Crippen LogP contribution in [0.15, 0.2) is 54.6 Å². The molecule has 0 aliphatic heterocycles. The minimum Gasteiger partial charge on any atom is -0.490 e. The summed E-state index contributed by atoms with van der Waals surface area (Å²) >= 11 is 0. The van der Waals surface area contributed by atoms with Crippen LogP contribution >= 0.6 is 0 Å². The fourth-order valence-electron chi connectivity index (χ4n) is 2.69. The molecule has 0 spiro atoms. The largest absolute Gasteiger partial charge is 0.490 e. The molecule has 5 heteroatoms. The summed E-state index contributed by atoms with van der Waals surface area (Å²) < 4.78 is 24.7. The molecule has 0 saturated heterocycles. The van der Waals surface area contributed by atoms with Crippen molar-refractivity contribution in [1.29, 1.82) is 0 Å². The van der Waals surface area contributed by atoms with Crippen LogP contribution in [-0.2, 0) is 13.2 Å². The fourth-order valence-corrected chi connectivity index (χ4v) is 2.69. The van der Waals surface area contributed by atoms with E-state index in [4.69, 9.17) is 9.47 Å². The number of hydrogen-bond acceptors (Lipinski definition) is 4. The number of aliphatic hydroxyl groups is 2. The molecule has 0 aromatic heterocycles. The molecule has 3 aromatic carbocycles. The molecule has 0 amide bonds. The van der Waals surface area contributed by atoms with Gasteiger partial charge in [0.15, 0.2) is 0 Å². The average molecular weight is 342 g/mol. The molecular weight excluding hydrogens is 323 g/mol. The van der Waals surface area contributed by atoms with Gasteiger partial charge >= 0.3 is 0 Å². The van der Waals surface area contributed by atoms with Gasteiger partial charge in [-0.25, -0.2) is 4.39 Å². The van der Waals surface area contributed by atoms with Gasteiger partial charge in [-0.2, -0.15) is 0 Å². The fraction of sp³-hybridized carbons (Fsp3) is 0.200. The second kappa shape index (κ2) is 7.96. The Balaban J connectivity index is 1.63. The summed E-state index contributed by atoms with van der Waals surface area (Å²) in [6, 6.07) is 16.2.